The Balaban J connectivity index is 1.65. The average molecular weight is 437 g/mol. The van der Waals surface area contributed by atoms with Crippen LogP contribution in [0, 0.1) is 34.6 Å². The van der Waals surface area contributed by atoms with E-state index in [2.05, 4.69) is 23.8 Å². The maximum atomic E-state index is 13.1. The van der Waals surface area contributed by atoms with Crippen LogP contribution in [0.2, 0.25) is 0 Å². The predicted molar refractivity (Wildman–Crippen MR) is 126 cm³/mol. The molecule has 154 valence electrons. The van der Waals surface area contributed by atoms with Crippen molar-refractivity contribution in [2.24, 2.45) is 0 Å². The zero-order valence-electron chi connectivity index (χ0n) is 17.7. The number of nitrogens with zero attached hydrogens (tertiary/aromatic N) is 1. The van der Waals surface area contributed by atoms with Crippen LogP contribution in [0.25, 0.3) is 20.8 Å². The fourth-order valence-corrected chi connectivity index (χ4v) is 6.37. The number of benzene rings is 3. The maximum absolute atomic E-state index is 13.1. The van der Waals surface area contributed by atoms with Crippen molar-refractivity contribution in [3.63, 3.8) is 0 Å². The lowest BCUT2D eigenvalue weighted by Gasteiger charge is -2.16. The summed E-state index contributed by atoms with van der Waals surface area (Å²) in [6.07, 6.45) is 0. The second-order valence-electron chi connectivity index (χ2n) is 7.76. The molecule has 30 heavy (non-hydrogen) atoms. The first-order valence-corrected chi connectivity index (χ1v) is 12.0. The minimum absolute atomic E-state index is 0.366. The van der Waals surface area contributed by atoms with E-state index in [1.165, 1.54) is 5.56 Å². The summed E-state index contributed by atoms with van der Waals surface area (Å²) in [4.78, 5) is 5.06. The van der Waals surface area contributed by atoms with E-state index in [0.29, 0.717) is 10.6 Å². The van der Waals surface area contributed by atoms with E-state index in [0.717, 1.165) is 43.0 Å². The molecule has 0 saturated carbocycles. The van der Waals surface area contributed by atoms with E-state index < -0.39 is 10.0 Å². The van der Waals surface area contributed by atoms with Crippen molar-refractivity contribution in [3.8, 4) is 10.6 Å². The van der Waals surface area contributed by atoms with Crippen LogP contribution in [0.15, 0.2) is 53.4 Å². The second-order valence-corrected chi connectivity index (χ2v) is 10.4. The lowest BCUT2D eigenvalue weighted by molar-refractivity contribution is 0.599. The molecule has 1 aromatic heterocycles. The third kappa shape index (κ3) is 3.73. The summed E-state index contributed by atoms with van der Waals surface area (Å²) in [6, 6.07) is 15.6. The first kappa shape index (κ1) is 20.6. The van der Waals surface area contributed by atoms with E-state index >= 15 is 0 Å². The highest BCUT2D eigenvalue weighted by atomic mass is 32.2. The highest BCUT2D eigenvalue weighted by Gasteiger charge is 2.22. The molecule has 3 aromatic carbocycles. The molecule has 4 nitrogen and oxygen atoms in total. The van der Waals surface area contributed by atoms with Crippen LogP contribution >= 0.6 is 11.3 Å². The van der Waals surface area contributed by atoms with Gasteiger partial charge in [0.15, 0.2) is 0 Å². The fraction of sp³-hybridized carbons (Fsp3) is 0.208. The summed E-state index contributed by atoms with van der Waals surface area (Å²) in [5.74, 6) is 0. The third-order valence-electron chi connectivity index (χ3n) is 5.49. The molecule has 0 radical (unpaired) electrons. The number of fused-ring (bicyclic) bond motifs is 1. The molecular formula is C24H24N2O2S2. The van der Waals surface area contributed by atoms with Gasteiger partial charge in [0.25, 0.3) is 10.0 Å². The molecule has 0 unspecified atom stereocenters. The summed E-state index contributed by atoms with van der Waals surface area (Å²) in [6.45, 7) is 9.66. The molecule has 0 aliphatic carbocycles. The average Bonchev–Trinajstić information content (AvgIpc) is 3.10. The molecule has 1 heterocycles. The molecular weight excluding hydrogens is 412 g/mol. The van der Waals surface area contributed by atoms with E-state index in [4.69, 9.17) is 4.98 Å². The standard InChI is InChI=1S/C24H24N2O2S2/c1-14-6-11-21-22(12-14)29-24(25-21)19-7-9-20(10-8-19)26-30(27,28)23-17(4)15(2)13-16(3)18(23)5/h6-13,26H,1-5H3. The van der Waals surface area contributed by atoms with Crippen LogP contribution in [0.1, 0.15) is 27.8 Å². The Kier molecular flexibility index (Phi) is 5.16. The number of rotatable bonds is 4. The third-order valence-corrected chi connectivity index (χ3v) is 8.22. The number of aryl methyl sites for hydroxylation is 3. The van der Waals surface area contributed by atoms with Gasteiger partial charge in [-0.1, -0.05) is 12.1 Å². The van der Waals surface area contributed by atoms with E-state index in [1.807, 2.05) is 52.0 Å². The van der Waals surface area contributed by atoms with Crippen molar-refractivity contribution in [3.05, 3.63) is 76.3 Å². The number of nitrogens with one attached hydrogen (secondary N) is 1. The van der Waals surface area contributed by atoms with Crippen molar-refractivity contribution in [2.45, 2.75) is 39.5 Å². The molecule has 1 N–H and O–H groups in total. The van der Waals surface area contributed by atoms with Gasteiger partial charge < -0.3 is 0 Å². The van der Waals surface area contributed by atoms with Crippen LogP contribution in [-0.2, 0) is 10.0 Å². The van der Waals surface area contributed by atoms with Gasteiger partial charge in [-0.05, 0) is 98.8 Å². The number of anilines is 1. The maximum Gasteiger partial charge on any atom is 0.262 e. The lowest BCUT2D eigenvalue weighted by atomic mass is 10.0. The van der Waals surface area contributed by atoms with Gasteiger partial charge in [0, 0.05) is 11.3 Å². The quantitative estimate of drug-likeness (QED) is 0.408. The summed E-state index contributed by atoms with van der Waals surface area (Å²) in [5.41, 5.74) is 7.20. The Hall–Kier alpha value is -2.70. The van der Waals surface area contributed by atoms with Gasteiger partial charge in [0.1, 0.15) is 5.01 Å². The van der Waals surface area contributed by atoms with E-state index in [1.54, 1.807) is 23.5 Å². The molecule has 0 bridgehead atoms. The van der Waals surface area contributed by atoms with Gasteiger partial charge >= 0.3 is 0 Å². The second kappa shape index (κ2) is 7.52. The Morgan fingerprint density at radius 1 is 0.833 bits per heavy atom. The SMILES string of the molecule is Cc1ccc2nc(-c3ccc(NS(=O)(=O)c4c(C)c(C)cc(C)c4C)cc3)sc2c1. The monoisotopic (exact) mass is 436 g/mol. The van der Waals surface area contributed by atoms with Crippen LogP contribution in [0.5, 0.6) is 0 Å². The zero-order valence-corrected chi connectivity index (χ0v) is 19.3. The van der Waals surface area contributed by atoms with Gasteiger partial charge in [-0.25, -0.2) is 13.4 Å². The molecule has 0 atom stereocenters. The zero-order chi connectivity index (χ0) is 21.6. The first-order chi connectivity index (χ1) is 14.2. The number of aromatic nitrogens is 1. The predicted octanol–water partition coefficient (Wildman–Crippen LogP) is 6.31. The van der Waals surface area contributed by atoms with Crippen molar-refractivity contribution in [2.75, 3.05) is 4.72 Å². The molecule has 0 saturated heterocycles. The van der Waals surface area contributed by atoms with Crippen LogP contribution in [0.3, 0.4) is 0 Å². The van der Waals surface area contributed by atoms with Crippen molar-refractivity contribution < 1.29 is 8.42 Å². The molecule has 0 fully saturated rings. The summed E-state index contributed by atoms with van der Waals surface area (Å²) < 4.78 is 30.1. The van der Waals surface area contributed by atoms with Crippen LogP contribution in [-0.4, -0.2) is 13.4 Å². The number of thiazole rings is 1. The number of hydrogen-bond donors (Lipinski definition) is 1. The van der Waals surface area contributed by atoms with Gasteiger partial charge in [0.05, 0.1) is 15.1 Å². The Morgan fingerprint density at radius 3 is 2.10 bits per heavy atom. The first-order valence-electron chi connectivity index (χ1n) is 9.73. The summed E-state index contributed by atoms with van der Waals surface area (Å²) in [7, 11) is -3.69. The summed E-state index contributed by atoms with van der Waals surface area (Å²) >= 11 is 1.64. The fourth-order valence-electron chi connectivity index (χ4n) is 3.63. The molecule has 4 rings (SSSR count). The Morgan fingerprint density at radius 2 is 1.47 bits per heavy atom. The normalized spacial score (nSPS) is 11.8. The molecule has 0 spiro atoms. The molecule has 0 aliphatic rings. The Labute approximate surface area is 181 Å². The van der Waals surface area contributed by atoms with Gasteiger partial charge in [-0.15, -0.1) is 11.3 Å². The van der Waals surface area contributed by atoms with Crippen molar-refractivity contribution in [1.82, 2.24) is 4.98 Å². The van der Waals surface area contributed by atoms with E-state index in [9.17, 15) is 8.42 Å². The molecule has 0 amide bonds. The lowest BCUT2D eigenvalue weighted by Crippen LogP contribution is -2.17. The minimum atomic E-state index is -3.69. The minimum Gasteiger partial charge on any atom is -0.280 e. The van der Waals surface area contributed by atoms with Crippen molar-refractivity contribution in [1.29, 1.82) is 0 Å². The van der Waals surface area contributed by atoms with Gasteiger partial charge in [-0.3, -0.25) is 4.72 Å². The number of sulfonamides is 1. The van der Waals surface area contributed by atoms with Gasteiger partial charge in [0.2, 0.25) is 0 Å². The number of hydrogen-bond acceptors (Lipinski definition) is 4. The van der Waals surface area contributed by atoms with E-state index in [-0.39, 0.29) is 0 Å². The van der Waals surface area contributed by atoms with Gasteiger partial charge in [-0.2, -0.15) is 0 Å². The van der Waals surface area contributed by atoms with Crippen LogP contribution in [0.4, 0.5) is 5.69 Å². The highest BCUT2D eigenvalue weighted by Crippen LogP contribution is 2.32. The topological polar surface area (TPSA) is 59.1 Å². The molecule has 6 heteroatoms. The Bertz CT molecular complexity index is 1340. The van der Waals surface area contributed by atoms with Crippen LogP contribution < -0.4 is 4.72 Å². The molecule has 0 aliphatic heterocycles. The smallest absolute Gasteiger partial charge is 0.262 e. The summed E-state index contributed by atoms with van der Waals surface area (Å²) in [5, 5.41) is 0.922. The largest absolute Gasteiger partial charge is 0.280 e. The highest BCUT2D eigenvalue weighted by molar-refractivity contribution is 7.92. The molecule has 4 aromatic rings. The van der Waals surface area contributed by atoms with Crippen molar-refractivity contribution >= 4 is 37.3 Å².